The lowest BCUT2D eigenvalue weighted by Crippen LogP contribution is -2.44. The number of rotatable bonds is 4. The molecule has 2 atom stereocenters. The summed E-state index contributed by atoms with van der Waals surface area (Å²) in [6.07, 6.45) is 2.57. The topological polar surface area (TPSA) is 46.2 Å². The summed E-state index contributed by atoms with van der Waals surface area (Å²) in [6, 6.07) is 8.13. The van der Waals surface area contributed by atoms with Gasteiger partial charge in [-0.2, -0.15) is 0 Å². The molecular formula is C14H20ClNO2S. The normalized spacial score (nSPS) is 24.0. The van der Waals surface area contributed by atoms with Crippen LogP contribution in [0.3, 0.4) is 0 Å². The minimum Gasteiger partial charge on any atom is -0.310 e. The van der Waals surface area contributed by atoms with Gasteiger partial charge in [-0.25, -0.2) is 8.42 Å². The van der Waals surface area contributed by atoms with E-state index in [4.69, 9.17) is 11.6 Å². The molecule has 0 bridgehead atoms. The Balaban J connectivity index is 1.89. The Bertz CT molecular complexity index is 530. The number of benzene rings is 1. The zero-order chi connectivity index (χ0) is 13.9. The van der Waals surface area contributed by atoms with Gasteiger partial charge in [0.15, 0.2) is 9.84 Å². The Morgan fingerprint density at radius 3 is 2.95 bits per heavy atom. The monoisotopic (exact) mass is 301 g/mol. The van der Waals surface area contributed by atoms with Gasteiger partial charge in [0, 0.05) is 17.1 Å². The molecule has 2 rings (SSSR count). The van der Waals surface area contributed by atoms with E-state index in [1.54, 1.807) is 0 Å². The van der Waals surface area contributed by atoms with Gasteiger partial charge in [-0.05, 0) is 43.9 Å². The third kappa shape index (κ3) is 4.79. The average Bonchev–Trinajstić information content (AvgIpc) is 2.27. The molecule has 106 valence electrons. The van der Waals surface area contributed by atoms with Gasteiger partial charge in [0.05, 0.1) is 11.5 Å². The van der Waals surface area contributed by atoms with Crippen molar-refractivity contribution in [1.29, 1.82) is 0 Å². The van der Waals surface area contributed by atoms with Crippen LogP contribution in [0.1, 0.15) is 25.3 Å². The largest absolute Gasteiger partial charge is 0.310 e. The Morgan fingerprint density at radius 2 is 2.26 bits per heavy atom. The fourth-order valence-electron chi connectivity index (χ4n) is 2.63. The molecular weight excluding hydrogens is 282 g/mol. The molecule has 19 heavy (non-hydrogen) atoms. The number of halogens is 1. The Kier molecular flexibility index (Phi) is 4.87. The van der Waals surface area contributed by atoms with E-state index in [0.29, 0.717) is 5.75 Å². The zero-order valence-electron chi connectivity index (χ0n) is 11.1. The minimum atomic E-state index is -2.84. The highest BCUT2D eigenvalue weighted by molar-refractivity contribution is 7.91. The first-order valence-corrected chi connectivity index (χ1v) is 8.85. The predicted molar refractivity (Wildman–Crippen MR) is 79.4 cm³/mol. The summed E-state index contributed by atoms with van der Waals surface area (Å²) in [5.41, 5.74) is 1.17. The van der Waals surface area contributed by atoms with Gasteiger partial charge in [-0.1, -0.05) is 23.7 Å². The second kappa shape index (κ2) is 6.25. The minimum absolute atomic E-state index is 0.0907. The van der Waals surface area contributed by atoms with Crippen LogP contribution in [0.25, 0.3) is 0 Å². The van der Waals surface area contributed by atoms with Crippen molar-refractivity contribution in [2.45, 2.75) is 38.3 Å². The van der Waals surface area contributed by atoms with E-state index in [9.17, 15) is 8.42 Å². The first kappa shape index (κ1) is 14.8. The maximum Gasteiger partial charge on any atom is 0.151 e. The highest BCUT2D eigenvalue weighted by atomic mass is 35.5. The maximum atomic E-state index is 11.6. The third-order valence-corrected chi connectivity index (χ3v) is 5.47. The molecule has 1 aliphatic rings. The first-order valence-electron chi connectivity index (χ1n) is 6.65. The highest BCUT2D eigenvalue weighted by Gasteiger charge is 2.25. The quantitative estimate of drug-likeness (QED) is 0.929. The molecule has 1 heterocycles. The van der Waals surface area contributed by atoms with E-state index >= 15 is 0 Å². The summed E-state index contributed by atoms with van der Waals surface area (Å²) in [5.74, 6) is 0.612. The zero-order valence-corrected chi connectivity index (χ0v) is 12.7. The van der Waals surface area contributed by atoms with Gasteiger partial charge in [0.2, 0.25) is 0 Å². The van der Waals surface area contributed by atoms with Crippen molar-refractivity contribution < 1.29 is 8.42 Å². The molecule has 1 saturated heterocycles. The van der Waals surface area contributed by atoms with Crippen molar-refractivity contribution in [3.63, 3.8) is 0 Å². The number of nitrogens with one attached hydrogen (secondary N) is 1. The smallest absolute Gasteiger partial charge is 0.151 e. The summed E-state index contributed by atoms with van der Waals surface area (Å²) < 4.78 is 23.2. The van der Waals surface area contributed by atoms with Gasteiger partial charge in [-0.15, -0.1) is 0 Å². The van der Waals surface area contributed by atoms with Gasteiger partial charge < -0.3 is 5.32 Å². The predicted octanol–water partition coefficient (Wildman–Crippen LogP) is 2.44. The van der Waals surface area contributed by atoms with Gasteiger partial charge in [-0.3, -0.25) is 0 Å². The van der Waals surface area contributed by atoms with Crippen LogP contribution in [0.5, 0.6) is 0 Å². The summed E-state index contributed by atoms with van der Waals surface area (Å²) in [4.78, 5) is 0. The van der Waals surface area contributed by atoms with E-state index in [0.717, 1.165) is 24.3 Å². The van der Waals surface area contributed by atoms with Crippen LogP contribution < -0.4 is 5.32 Å². The molecule has 0 aromatic heterocycles. The fourth-order valence-corrected chi connectivity index (χ4v) is 4.50. The Hall–Kier alpha value is -0.580. The van der Waals surface area contributed by atoms with Crippen molar-refractivity contribution in [2.75, 3.05) is 11.5 Å². The molecule has 0 saturated carbocycles. The van der Waals surface area contributed by atoms with Crippen LogP contribution in [0.15, 0.2) is 24.3 Å². The van der Waals surface area contributed by atoms with Crippen LogP contribution in [0.2, 0.25) is 5.02 Å². The van der Waals surface area contributed by atoms with E-state index in [1.165, 1.54) is 5.56 Å². The summed E-state index contributed by atoms with van der Waals surface area (Å²) in [5, 5.41) is 4.16. The lowest BCUT2D eigenvalue weighted by atomic mass is 10.1. The Labute approximate surface area is 120 Å². The van der Waals surface area contributed by atoms with E-state index < -0.39 is 9.84 Å². The second-order valence-corrected chi connectivity index (χ2v) is 8.02. The molecule has 0 spiro atoms. The van der Waals surface area contributed by atoms with Gasteiger partial charge in [0.1, 0.15) is 0 Å². The second-order valence-electron chi connectivity index (χ2n) is 5.36. The first-order chi connectivity index (χ1) is 8.94. The van der Waals surface area contributed by atoms with Crippen molar-refractivity contribution in [3.8, 4) is 0 Å². The lowest BCUT2D eigenvalue weighted by molar-refractivity contribution is 0.428. The maximum absolute atomic E-state index is 11.6. The van der Waals surface area contributed by atoms with Crippen molar-refractivity contribution in [1.82, 2.24) is 5.32 Å². The van der Waals surface area contributed by atoms with Crippen molar-refractivity contribution in [3.05, 3.63) is 34.9 Å². The number of sulfone groups is 1. The van der Waals surface area contributed by atoms with E-state index in [-0.39, 0.29) is 17.8 Å². The number of hydrogen-bond acceptors (Lipinski definition) is 3. The molecule has 0 amide bonds. The SMILES string of the molecule is CC(Cc1cccc(Cl)c1)NC1CCCS(=O)(=O)C1. The standard InChI is InChI=1S/C14H20ClNO2S/c1-11(8-12-4-2-5-13(15)9-12)16-14-6-3-7-19(17,18)10-14/h2,4-5,9,11,14,16H,3,6-8,10H2,1H3. The number of hydrogen-bond donors (Lipinski definition) is 1. The van der Waals surface area contributed by atoms with Gasteiger partial charge in [0.25, 0.3) is 0 Å². The van der Waals surface area contributed by atoms with E-state index in [1.807, 2.05) is 24.3 Å². The van der Waals surface area contributed by atoms with Crippen LogP contribution >= 0.6 is 11.6 Å². The van der Waals surface area contributed by atoms with Crippen LogP contribution in [-0.4, -0.2) is 32.0 Å². The molecule has 1 aromatic rings. The summed E-state index contributed by atoms with van der Waals surface area (Å²) >= 11 is 5.96. The third-order valence-electron chi connectivity index (χ3n) is 3.41. The fraction of sp³-hybridized carbons (Fsp3) is 0.571. The Morgan fingerprint density at radius 1 is 1.47 bits per heavy atom. The molecule has 1 fully saturated rings. The molecule has 0 radical (unpaired) electrons. The van der Waals surface area contributed by atoms with Crippen molar-refractivity contribution >= 4 is 21.4 Å². The molecule has 0 aliphatic carbocycles. The highest BCUT2D eigenvalue weighted by Crippen LogP contribution is 2.15. The molecule has 3 nitrogen and oxygen atoms in total. The molecule has 2 unspecified atom stereocenters. The van der Waals surface area contributed by atoms with Gasteiger partial charge >= 0.3 is 0 Å². The molecule has 1 N–H and O–H groups in total. The average molecular weight is 302 g/mol. The molecule has 1 aliphatic heterocycles. The van der Waals surface area contributed by atoms with Crippen molar-refractivity contribution in [2.24, 2.45) is 0 Å². The van der Waals surface area contributed by atoms with Crippen LogP contribution in [0, 0.1) is 0 Å². The summed E-state index contributed by atoms with van der Waals surface area (Å²) in [6.45, 7) is 2.09. The van der Waals surface area contributed by atoms with E-state index in [2.05, 4.69) is 12.2 Å². The lowest BCUT2D eigenvalue weighted by Gasteiger charge is -2.26. The summed E-state index contributed by atoms with van der Waals surface area (Å²) in [7, 11) is -2.84. The van der Waals surface area contributed by atoms with Crippen LogP contribution in [-0.2, 0) is 16.3 Å². The van der Waals surface area contributed by atoms with Crippen LogP contribution in [0.4, 0.5) is 0 Å². The molecule has 1 aromatic carbocycles. The molecule has 5 heteroatoms.